The maximum Gasteiger partial charge on any atom is 0.307 e. The normalized spacial score (nSPS) is 11.6. The number of hydrazone groups is 1. The van der Waals surface area contributed by atoms with E-state index in [2.05, 4.69) is 10.5 Å². The third-order valence-corrected chi connectivity index (χ3v) is 4.64. The van der Waals surface area contributed by atoms with Crippen LogP contribution in [0.4, 0.5) is 0 Å². The van der Waals surface area contributed by atoms with Crippen molar-refractivity contribution in [2.24, 2.45) is 5.10 Å². The molecule has 29 heavy (non-hydrogen) atoms. The van der Waals surface area contributed by atoms with Crippen molar-refractivity contribution in [2.75, 3.05) is 0 Å². The second kappa shape index (κ2) is 7.97. The number of nitrogens with one attached hydrogen (secondary N) is 1. The minimum atomic E-state index is -0.424. The summed E-state index contributed by atoms with van der Waals surface area (Å²) in [6.07, 6.45) is 1.55. The average Bonchev–Trinajstić information content (AvgIpc) is 3.15. The summed E-state index contributed by atoms with van der Waals surface area (Å²) in [5.41, 5.74) is 3.88. The predicted octanol–water partition coefficient (Wildman–Crippen LogP) is 5.79. The second-order valence-corrected chi connectivity index (χ2v) is 7.27. The summed E-state index contributed by atoms with van der Waals surface area (Å²) in [4.78, 5) is 12.4. The minimum Gasteiger partial charge on any atom is -0.489 e. The first-order valence-electron chi connectivity index (χ1n) is 9.22. The maximum absolute atomic E-state index is 12.4. The summed E-state index contributed by atoms with van der Waals surface area (Å²) in [6, 6.07) is 18.8. The summed E-state index contributed by atoms with van der Waals surface area (Å²) in [5.74, 6) is 0.386. The van der Waals surface area contributed by atoms with Crippen LogP contribution in [0.25, 0.3) is 21.7 Å². The molecule has 146 valence electrons. The summed E-state index contributed by atoms with van der Waals surface area (Å²) in [5, 5.41) is 7.50. The monoisotopic (exact) mass is 406 g/mol. The van der Waals surface area contributed by atoms with Gasteiger partial charge in [0.2, 0.25) is 0 Å². The smallest absolute Gasteiger partial charge is 0.307 e. The Kier molecular flexibility index (Phi) is 5.23. The highest BCUT2D eigenvalue weighted by atomic mass is 35.5. The number of ether oxygens (including phenoxy) is 1. The van der Waals surface area contributed by atoms with Crippen molar-refractivity contribution in [3.05, 3.63) is 77.0 Å². The zero-order valence-corrected chi connectivity index (χ0v) is 16.7. The van der Waals surface area contributed by atoms with Gasteiger partial charge < -0.3 is 9.15 Å². The Bertz CT molecular complexity index is 1230. The van der Waals surface area contributed by atoms with Gasteiger partial charge in [-0.3, -0.25) is 4.79 Å². The topological polar surface area (TPSA) is 63.8 Å². The quantitative estimate of drug-likeness (QED) is 0.337. The third-order valence-electron chi connectivity index (χ3n) is 4.35. The van der Waals surface area contributed by atoms with Gasteiger partial charge in [0.25, 0.3) is 0 Å². The van der Waals surface area contributed by atoms with Gasteiger partial charge in [0.15, 0.2) is 5.76 Å². The fourth-order valence-corrected chi connectivity index (χ4v) is 3.31. The SMILES string of the molecule is CC(C)Oc1ccc(/C=N\NC(=O)c2cc3c(ccc4ccccc43)o2)cc1Cl. The number of carbonyl (C=O) groups excluding carboxylic acids is 1. The second-order valence-electron chi connectivity index (χ2n) is 6.86. The number of nitrogens with zero attached hydrogens (tertiary/aromatic N) is 1. The van der Waals surface area contributed by atoms with Gasteiger partial charge in [-0.05, 0) is 60.5 Å². The largest absolute Gasteiger partial charge is 0.489 e. The highest BCUT2D eigenvalue weighted by Gasteiger charge is 2.13. The summed E-state index contributed by atoms with van der Waals surface area (Å²) in [6.45, 7) is 3.87. The van der Waals surface area contributed by atoms with E-state index in [1.54, 1.807) is 18.2 Å². The molecule has 0 aliphatic carbocycles. The van der Waals surface area contributed by atoms with Crippen molar-refractivity contribution in [3.8, 4) is 5.75 Å². The Morgan fingerprint density at radius 1 is 1.10 bits per heavy atom. The molecule has 0 atom stereocenters. The highest BCUT2D eigenvalue weighted by Crippen LogP contribution is 2.28. The molecule has 0 saturated carbocycles. The molecule has 1 aromatic heterocycles. The van der Waals surface area contributed by atoms with Crippen LogP contribution in [0.2, 0.25) is 5.02 Å². The Balaban J connectivity index is 1.50. The van der Waals surface area contributed by atoms with Crippen LogP contribution in [0, 0.1) is 0 Å². The maximum atomic E-state index is 12.4. The number of carbonyl (C=O) groups is 1. The number of hydrogen-bond donors (Lipinski definition) is 1. The molecule has 0 spiro atoms. The molecule has 6 heteroatoms. The molecule has 0 aliphatic heterocycles. The molecule has 1 N–H and O–H groups in total. The summed E-state index contributed by atoms with van der Waals surface area (Å²) < 4.78 is 11.3. The number of rotatable bonds is 5. The average molecular weight is 407 g/mol. The van der Waals surface area contributed by atoms with E-state index in [4.69, 9.17) is 20.8 Å². The number of hydrogen-bond acceptors (Lipinski definition) is 4. The molecule has 0 bridgehead atoms. The zero-order chi connectivity index (χ0) is 20.4. The van der Waals surface area contributed by atoms with Crippen LogP contribution in [0.5, 0.6) is 5.75 Å². The molecule has 0 unspecified atom stereocenters. The lowest BCUT2D eigenvalue weighted by molar-refractivity contribution is 0.0929. The van der Waals surface area contributed by atoms with Crippen LogP contribution >= 0.6 is 11.6 Å². The number of furan rings is 1. The van der Waals surface area contributed by atoms with E-state index >= 15 is 0 Å². The van der Waals surface area contributed by atoms with Crippen LogP contribution in [0.3, 0.4) is 0 Å². The van der Waals surface area contributed by atoms with Gasteiger partial charge in [-0.1, -0.05) is 41.9 Å². The summed E-state index contributed by atoms with van der Waals surface area (Å²) >= 11 is 6.21. The van der Waals surface area contributed by atoms with Gasteiger partial charge in [0, 0.05) is 5.39 Å². The highest BCUT2D eigenvalue weighted by molar-refractivity contribution is 6.32. The molecule has 3 aromatic carbocycles. The fraction of sp³-hybridized carbons (Fsp3) is 0.130. The lowest BCUT2D eigenvalue weighted by Gasteiger charge is -2.11. The van der Waals surface area contributed by atoms with Crippen LogP contribution < -0.4 is 10.2 Å². The molecule has 4 rings (SSSR count). The van der Waals surface area contributed by atoms with Gasteiger partial charge in [0.05, 0.1) is 17.3 Å². The Morgan fingerprint density at radius 3 is 2.72 bits per heavy atom. The molecular weight excluding hydrogens is 388 g/mol. The van der Waals surface area contributed by atoms with E-state index in [0.29, 0.717) is 16.4 Å². The van der Waals surface area contributed by atoms with E-state index < -0.39 is 5.91 Å². The fourth-order valence-electron chi connectivity index (χ4n) is 3.07. The molecule has 5 nitrogen and oxygen atoms in total. The number of benzene rings is 3. The van der Waals surface area contributed by atoms with Crippen molar-refractivity contribution < 1.29 is 13.9 Å². The van der Waals surface area contributed by atoms with Crippen molar-refractivity contribution in [1.82, 2.24) is 5.43 Å². The number of amides is 1. The van der Waals surface area contributed by atoms with Gasteiger partial charge in [-0.25, -0.2) is 5.43 Å². The van der Waals surface area contributed by atoms with Crippen LogP contribution in [0.1, 0.15) is 30.0 Å². The predicted molar refractivity (Wildman–Crippen MR) is 116 cm³/mol. The van der Waals surface area contributed by atoms with E-state index in [1.807, 2.05) is 56.3 Å². The number of fused-ring (bicyclic) bond motifs is 3. The molecule has 1 amide bonds. The standard InChI is InChI=1S/C23H19ClN2O3/c1-14(2)28-21-9-7-15(11-19(21)24)13-25-26-23(27)22-12-18-17-6-4-3-5-16(17)8-10-20(18)29-22/h3-14H,1-2H3,(H,26,27)/b25-13-. The molecular formula is C23H19ClN2O3. The summed E-state index contributed by atoms with van der Waals surface area (Å²) in [7, 11) is 0. The molecule has 0 aliphatic rings. The van der Waals surface area contributed by atoms with Crippen molar-refractivity contribution in [1.29, 1.82) is 0 Å². The Hall–Kier alpha value is -3.31. The zero-order valence-electron chi connectivity index (χ0n) is 16.0. The van der Waals surface area contributed by atoms with Crippen molar-refractivity contribution in [3.63, 3.8) is 0 Å². The van der Waals surface area contributed by atoms with Gasteiger partial charge >= 0.3 is 5.91 Å². The van der Waals surface area contributed by atoms with Crippen LogP contribution in [0.15, 0.2) is 70.2 Å². The van der Waals surface area contributed by atoms with E-state index in [-0.39, 0.29) is 11.9 Å². The van der Waals surface area contributed by atoms with Crippen LogP contribution in [-0.4, -0.2) is 18.2 Å². The Morgan fingerprint density at radius 2 is 1.93 bits per heavy atom. The molecule has 4 aromatic rings. The Labute approximate surface area is 172 Å². The third kappa shape index (κ3) is 4.10. The van der Waals surface area contributed by atoms with Gasteiger partial charge in [-0.2, -0.15) is 5.10 Å². The lowest BCUT2D eigenvalue weighted by Crippen LogP contribution is -2.16. The van der Waals surface area contributed by atoms with E-state index in [1.165, 1.54) is 6.21 Å². The number of halogens is 1. The molecule has 1 heterocycles. The van der Waals surface area contributed by atoms with E-state index in [9.17, 15) is 4.79 Å². The van der Waals surface area contributed by atoms with Gasteiger partial charge in [-0.15, -0.1) is 0 Å². The van der Waals surface area contributed by atoms with Crippen molar-refractivity contribution in [2.45, 2.75) is 20.0 Å². The molecule has 0 saturated heterocycles. The van der Waals surface area contributed by atoms with E-state index in [0.717, 1.165) is 21.7 Å². The minimum absolute atomic E-state index is 0.0345. The lowest BCUT2D eigenvalue weighted by atomic mass is 10.1. The molecule has 0 fully saturated rings. The van der Waals surface area contributed by atoms with Gasteiger partial charge in [0.1, 0.15) is 11.3 Å². The van der Waals surface area contributed by atoms with Crippen molar-refractivity contribution >= 4 is 45.5 Å². The van der Waals surface area contributed by atoms with Crippen LogP contribution in [-0.2, 0) is 0 Å². The first-order valence-corrected chi connectivity index (χ1v) is 9.60. The first-order chi connectivity index (χ1) is 14.0. The molecule has 0 radical (unpaired) electrons. The first kappa shape index (κ1) is 19.0.